The van der Waals surface area contributed by atoms with Gasteiger partial charge in [-0.15, -0.1) is 0 Å². The van der Waals surface area contributed by atoms with Crippen LogP contribution in [0.25, 0.3) is 0 Å². The van der Waals surface area contributed by atoms with E-state index >= 15 is 0 Å². The van der Waals surface area contributed by atoms with Crippen LogP contribution >= 0.6 is 11.8 Å². The minimum atomic E-state index is 0.118. The minimum Gasteiger partial charge on any atom is -0.497 e. The van der Waals surface area contributed by atoms with Crippen LogP contribution in [0.4, 0.5) is 0 Å². The minimum absolute atomic E-state index is 0.118. The maximum atomic E-state index is 5.30. The lowest BCUT2D eigenvalue weighted by Crippen LogP contribution is -2.27. The topological polar surface area (TPSA) is 34.1 Å². The molecule has 24 heavy (non-hydrogen) atoms. The van der Waals surface area contributed by atoms with E-state index in [-0.39, 0.29) is 12.1 Å². The molecule has 124 valence electrons. The van der Waals surface area contributed by atoms with E-state index in [2.05, 4.69) is 29.2 Å². The maximum absolute atomic E-state index is 5.30. The van der Waals surface area contributed by atoms with E-state index < -0.39 is 0 Å². The Kier molecular flexibility index (Phi) is 4.10. The normalized spacial score (nSPS) is 22.2. The number of nitrogens with zero attached hydrogens (tertiary/aromatic N) is 2. The summed E-state index contributed by atoms with van der Waals surface area (Å²) in [7, 11) is 3.39. The molecule has 0 N–H and O–H groups in total. The first-order chi connectivity index (χ1) is 11.8. The molecule has 1 fully saturated rings. The van der Waals surface area contributed by atoms with Gasteiger partial charge in [-0.3, -0.25) is 4.99 Å². The van der Waals surface area contributed by atoms with Crippen molar-refractivity contribution in [3.63, 3.8) is 0 Å². The molecule has 0 amide bonds. The van der Waals surface area contributed by atoms with E-state index in [1.54, 1.807) is 14.2 Å². The van der Waals surface area contributed by atoms with Crippen LogP contribution in [0.5, 0.6) is 11.5 Å². The number of hydrogen-bond acceptors (Lipinski definition) is 5. The van der Waals surface area contributed by atoms with E-state index in [4.69, 9.17) is 14.5 Å². The van der Waals surface area contributed by atoms with Crippen molar-refractivity contribution in [1.29, 1.82) is 0 Å². The summed E-state index contributed by atoms with van der Waals surface area (Å²) < 4.78 is 10.6. The van der Waals surface area contributed by atoms with Crippen LogP contribution in [0.3, 0.4) is 0 Å². The summed E-state index contributed by atoms with van der Waals surface area (Å²) in [6, 6.07) is 17.0. The van der Waals surface area contributed by atoms with Crippen LogP contribution in [-0.2, 0) is 0 Å². The molecule has 5 heteroatoms. The molecule has 2 aromatic rings. The first-order valence-electron chi connectivity index (χ1n) is 8.05. The molecule has 2 atom stereocenters. The summed E-state index contributed by atoms with van der Waals surface area (Å²) in [4.78, 5) is 7.44. The predicted molar refractivity (Wildman–Crippen MR) is 98.1 cm³/mol. The predicted octanol–water partition coefficient (Wildman–Crippen LogP) is 3.90. The molecule has 1 saturated heterocycles. The van der Waals surface area contributed by atoms with Gasteiger partial charge in [-0.1, -0.05) is 36.0 Å². The zero-order valence-electron chi connectivity index (χ0n) is 13.8. The molecule has 2 aliphatic rings. The molecule has 0 bridgehead atoms. The van der Waals surface area contributed by atoms with Gasteiger partial charge >= 0.3 is 0 Å². The molecule has 0 saturated carbocycles. The third-order valence-corrected chi connectivity index (χ3v) is 5.59. The highest BCUT2D eigenvalue weighted by Gasteiger charge is 2.40. The Morgan fingerprint density at radius 2 is 1.50 bits per heavy atom. The third-order valence-electron chi connectivity index (χ3n) is 4.61. The van der Waals surface area contributed by atoms with Crippen molar-refractivity contribution in [3.05, 3.63) is 59.7 Å². The van der Waals surface area contributed by atoms with Gasteiger partial charge in [0.05, 0.1) is 20.3 Å². The molecular formula is C19H20N2O2S. The number of fused-ring (bicyclic) bond motifs is 1. The number of methoxy groups -OCH3 is 2. The Balaban J connectivity index is 1.70. The molecule has 4 rings (SSSR count). The monoisotopic (exact) mass is 340 g/mol. The molecule has 4 nitrogen and oxygen atoms in total. The number of thioether (sulfide) groups is 1. The van der Waals surface area contributed by atoms with E-state index in [0.29, 0.717) is 0 Å². The van der Waals surface area contributed by atoms with Crippen LogP contribution in [0.1, 0.15) is 23.2 Å². The van der Waals surface area contributed by atoms with Gasteiger partial charge in [0, 0.05) is 12.3 Å². The Hall–Kier alpha value is -2.14. The zero-order chi connectivity index (χ0) is 16.5. The Morgan fingerprint density at radius 1 is 0.917 bits per heavy atom. The fraction of sp³-hybridized carbons (Fsp3) is 0.316. The van der Waals surface area contributed by atoms with Crippen LogP contribution in [0, 0.1) is 0 Å². The maximum Gasteiger partial charge on any atom is 0.160 e. The van der Waals surface area contributed by atoms with Gasteiger partial charge in [0.25, 0.3) is 0 Å². The van der Waals surface area contributed by atoms with Gasteiger partial charge in [0.1, 0.15) is 17.5 Å². The summed E-state index contributed by atoms with van der Waals surface area (Å²) in [5.74, 6) is 2.87. The van der Waals surface area contributed by atoms with Gasteiger partial charge < -0.3 is 14.4 Å². The van der Waals surface area contributed by atoms with Crippen molar-refractivity contribution in [2.45, 2.75) is 12.1 Å². The molecule has 0 radical (unpaired) electrons. The number of benzene rings is 2. The van der Waals surface area contributed by atoms with Gasteiger partial charge in [0.15, 0.2) is 5.17 Å². The molecule has 0 spiro atoms. The first-order valence-corrected chi connectivity index (χ1v) is 9.04. The zero-order valence-corrected chi connectivity index (χ0v) is 14.6. The molecule has 0 aromatic heterocycles. The highest BCUT2D eigenvalue weighted by molar-refractivity contribution is 8.14. The summed E-state index contributed by atoms with van der Waals surface area (Å²) in [6.07, 6.45) is 0. The number of hydrogen-bond donors (Lipinski definition) is 0. The number of amidine groups is 1. The standard InChI is InChI=1S/C19H20N2O2S/c1-22-15-7-3-13(4-8-15)17-18(21-11-12-24-19(21)20-17)14-5-9-16(23-2)10-6-14/h3-10,17-18H,11-12H2,1-2H3/t17-,18-/m1/s1. The first kappa shape index (κ1) is 15.4. The number of ether oxygens (including phenoxy) is 2. The fourth-order valence-electron chi connectivity index (χ4n) is 3.36. The second-order valence-electron chi connectivity index (χ2n) is 5.89. The molecular weight excluding hydrogens is 320 g/mol. The summed E-state index contributed by atoms with van der Waals surface area (Å²) in [5.41, 5.74) is 2.50. The van der Waals surface area contributed by atoms with Crippen LogP contribution in [0.2, 0.25) is 0 Å². The number of rotatable bonds is 4. The molecule has 0 unspecified atom stereocenters. The van der Waals surface area contributed by atoms with Gasteiger partial charge in [0.2, 0.25) is 0 Å². The van der Waals surface area contributed by atoms with Gasteiger partial charge in [-0.25, -0.2) is 0 Å². The van der Waals surface area contributed by atoms with Crippen molar-refractivity contribution < 1.29 is 9.47 Å². The highest BCUT2D eigenvalue weighted by atomic mass is 32.2. The van der Waals surface area contributed by atoms with Gasteiger partial charge in [-0.05, 0) is 35.4 Å². The van der Waals surface area contributed by atoms with Crippen LogP contribution < -0.4 is 9.47 Å². The van der Waals surface area contributed by atoms with Crippen molar-refractivity contribution >= 4 is 16.9 Å². The van der Waals surface area contributed by atoms with E-state index in [0.717, 1.165) is 29.0 Å². The summed E-state index contributed by atoms with van der Waals surface area (Å²) >= 11 is 1.85. The smallest absolute Gasteiger partial charge is 0.160 e. The largest absolute Gasteiger partial charge is 0.497 e. The average molecular weight is 340 g/mol. The van der Waals surface area contributed by atoms with Crippen molar-refractivity contribution in [3.8, 4) is 11.5 Å². The second-order valence-corrected chi connectivity index (χ2v) is 6.95. The lowest BCUT2D eigenvalue weighted by atomic mass is 9.93. The van der Waals surface area contributed by atoms with Crippen molar-refractivity contribution in [2.24, 2.45) is 4.99 Å². The Bertz CT molecular complexity index is 743. The molecule has 2 heterocycles. The Morgan fingerprint density at radius 3 is 2.08 bits per heavy atom. The van der Waals surface area contributed by atoms with E-state index in [1.165, 1.54) is 11.1 Å². The SMILES string of the molecule is COc1ccc([C@H]2N=C3SCCN3[C@@H]2c2ccc(OC)cc2)cc1. The summed E-state index contributed by atoms with van der Waals surface area (Å²) in [6.45, 7) is 1.05. The van der Waals surface area contributed by atoms with Crippen LogP contribution in [-0.4, -0.2) is 36.6 Å². The quantitative estimate of drug-likeness (QED) is 0.845. The van der Waals surface area contributed by atoms with E-state index in [9.17, 15) is 0 Å². The van der Waals surface area contributed by atoms with Crippen molar-refractivity contribution in [1.82, 2.24) is 4.90 Å². The third kappa shape index (κ3) is 2.63. The van der Waals surface area contributed by atoms with Crippen LogP contribution in [0.15, 0.2) is 53.5 Å². The number of aliphatic imine (C=N–C) groups is 1. The molecule has 0 aliphatic carbocycles. The molecule has 2 aliphatic heterocycles. The lowest BCUT2D eigenvalue weighted by molar-refractivity contribution is 0.334. The fourth-order valence-corrected chi connectivity index (χ4v) is 4.39. The Labute approximate surface area is 146 Å². The van der Waals surface area contributed by atoms with E-state index in [1.807, 2.05) is 36.0 Å². The lowest BCUT2D eigenvalue weighted by Gasteiger charge is -2.27. The van der Waals surface area contributed by atoms with Crippen molar-refractivity contribution in [2.75, 3.05) is 26.5 Å². The second kappa shape index (κ2) is 6.40. The molecule has 2 aromatic carbocycles. The van der Waals surface area contributed by atoms with Gasteiger partial charge in [-0.2, -0.15) is 0 Å². The average Bonchev–Trinajstić information content (AvgIpc) is 3.23. The highest BCUT2D eigenvalue weighted by Crippen LogP contribution is 2.46. The summed E-state index contributed by atoms with van der Waals surface area (Å²) in [5, 5.41) is 1.16.